The Hall–Kier alpha value is -2.89. The Bertz CT molecular complexity index is 932. The molecule has 0 saturated heterocycles. The standard InChI is InChI=1S/C21H20FNO4/c1-12-10-15(3-4-17(12)22)27-14-6-8-21(9-7-14)16-11-13(19(24)25)2-5-18(16)23-20(21)26/h2-5,10-11,14H,6-9H2,1H3,(H,23,26)(H,24,25). The number of aromatic carboxylic acids is 1. The summed E-state index contributed by atoms with van der Waals surface area (Å²) in [5.74, 6) is -0.718. The van der Waals surface area contributed by atoms with Gasteiger partial charge in [0.25, 0.3) is 0 Å². The SMILES string of the molecule is Cc1cc(OC2CCC3(CC2)C(=O)Nc2ccc(C(=O)O)cc23)ccc1F. The normalized spacial score (nSPS) is 23.8. The van der Waals surface area contributed by atoms with Crippen molar-refractivity contribution in [3.05, 3.63) is 58.9 Å². The molecule has 0 aromatic heterocycles. The van der Waals surface area contributed by atoms with E-state index in [1.165, 1.54) is 12.1 Å². The van der Waals surface area contributed by atoms with Gasteiger partial charge in [-0.3, -0.25) is 4.79 Å². The van der Waals surface area contributed by atoms with E-state index in [2.05, 4.69) is 5.32 Å². The Morgan fingerprint density at radius 1 is 1.22 bits per heavy atom. The third kappa shape index (κ3) is 2.95. The lowest BCUT2D eigenvalue weighted by Crippen LogP contribution is -2.41. The third-order valence-corrected chi connectivity index (χ3v) is 5.68. The van der Waals surface area contributed by atoms with Crippen LogP contribution in [0.25, 0.3) is 0 Å². The fourth-order valence-electron chi connectivity index (χ4n) is 4.13. The van der Waals surface area contributed by atoms with Crippen LogP contribution in [0.3, 0.4) is 0 Å². The maximum atomic E-state index is 13.4. The molecule has 1 spiro atoms. The lowest BCUT2D eigenvalue weighted by molar-refractivity contribution is -0.122. The Morgan fingerprint density at radius 2 is 1.96 bits per heavy atom. The van der Waals surface area contributed by atoms with Gasteiger partial charge in [-0.15, -0.1) is 0 Å². The van der Waals surface area contributed by atoms with E-state index in [4.69, 9.17) is 4.74 Å². The number of nitrogens with one attached hydrogen (secondary N) is 1. The minimum atomic E-state index is -1.00. The molecule has 140 valence electrons. The van der Waals surface area contributed by atoms with E-state index >= 15 is 0 Å². The molecule has 0 bridgehead atoms. The van der Waals surface area contributed by atoms with E-state index in [1.54, 1.807) is 31.2 Å². The van der Waals surface area contributed by atoms with Crippen LogP contribution in [0.4, 0.5) is 10.1 Å². The van der Waals surface area contributed by atoms with Crippen LogP contribution < -0.4 is 10.1 Å². The first-order valence-corrected chi connectivity index (χ1v) is 9.01. The molecule has 1 heterocycles. The maximum absolute atomic E-state index is 13.4. The molecule has 6 heteroatoms. The Morgan fingerprint density at radius 3 is 2.63 bits per heavy atom. The Kier molecular flexibility index (Phi) is 4.13. The van der Waals surface area contributed by atoms with Gasteiger partial charge < -0.3 is 15.2 Å². The van der Waals surface area contributed by atoms with E-state index in [0.29, 0.717) is 42.7 Å². The summed E-state index contributed by atoms with van der Waals surface area (Å²) < 4.78 is 19.4. The minimum Gasteiger partial charge on any atom is -0.490 e. The largest absolute Gasteiger partial charge is 0.490 e. The van der Waals surface area contributed by atoms with Gasteiger partial charge in [0, 0.05) is 5.69 Å². The number of carbonyl (C=O) groups excluding carboxylic acids is 1. The second-order valence-electron chi connectivity index (χ2n) is 7.33. The number of fused-ring (bicyclic) bond motifs is 2. The van der Waals surface area contributed by atoms with Crippen LogP contribution >= 0.6 is 0 Å². The van der Waals surface area contributed by atoms with Crippen molar-refractivity contribution in [2.75, 3.05) is 5.32 Å². The van der Waals surface area contributed by atoms with Crippen LogP contribution in [0.2, 0.25) is 0 Å². The van der Waals surface area contributed by atoms with E-state index < -0.39 is 11.4 Å². The summed E-state index contributed by atoms with van der Waals surface area (Å²) in [6.07, 6.45) is 2.45. The average molecular weight is 369 g/mol. The predicted octanol–water partition coefficient (Wildman–Crippen LogP) is 4.04. The average Bonchev–Trinajstić information content (AvgIpc) is 2.91. The summed E-state index contributed by atoms with van der Waals surface area (Å²) in [6.45, 7) is 1.69. The van der Waals surface area contributed by atoms with Crippen molar-refractivity contribution in [3.8, 4) is 5.75 Å². The highest BCUT2D eigenvalue weighted by molar-refractivity contribution is 6.07. The molecule has 1 aliphatic carbocycles. The number of rotatable bonds is 3. The van der Waals surface area contributed by atoms with Crippen LogP contribution in [-0.2, 0) is 10.2 Å². The lowest BCUT2D eigenvalue weighted by Gasteiger charge is -2.35. The highest BCUT2D eigenvalue weighted by atomic mass is 19.1. The molecule has 2 N–H and O–H groups in total. The molecule has 2 aromatic rings. The highest BCUT2D eigenvalue weighted by Crippen LogP contribution is 2.48. The van der Waals surface area contributed by atoms with Gasteiger partial charge >= 0.3 is 5.97 Å². The number of halogens is 1. The van der Waals surface area contributed by atoms with Gasteiger partial charge in [0.15, 0.2) is 0 Å². The Balaban J connectivity index is 1.53. The van der Waals surface area contributed by atoms with Gasteiger partial charge in [-0.05, 0) is 80.1 Å². The summed E-state index contributed by atoms with van der Waals surface area (Å²) in [7, 11) is 0. The number of carbonyl (C=O) groups is 2. The Labute approximate surface area is 156 Å². The first-order valence-electron chi connectivity index (χ1n) is 9.01. The molecule has 1 saturated carbocycles. The summed E-state index contributed by atoms with van der Waals surface area (Å²) in [4.78, 5) is 24.0. The topological polar surface area (TPSA) is 75.6 Å². The monoisotopic (exact) mass is 369 g/mol. The quantitative estimate of drug-likeness (QED) is 0.856. The number of anilines is 1. The van der Waals surface area contributed by atoms with E-state index in [0.717, 1.165) is 5.56 Å². The van der Waals surface area contributed by atoms with Crippen molar-refractivity contribution < 1.29 is 23.8 Å². The van der Waals surface area contributed by atoms with Crippen LogP contribution in [-0.4, -0.2) is 23.1 Å². The number of carboxylic acid groups (broad SMARTS) is 1. The molecular weight excluding hydrogens is 349 g/mol. The number of ether oxygens (including phenoxy) is 1. The zero-order valence-corrected chi connectivity index (χ0v) is 14.9. The van der Waals surface area contributed by atoms with Crippen molar-refractivity contribution in [1.82, 2.24) is 0 Å². The highest BCUT2D eigenvalue weighted by Gasteiger charge is 2.49. The first-order chi connectivity index (χ1) is 12.9. The third-order valence-electron chi connectivity index (χ3n) is 5.68. The van der Waals surface area contributed by atoms with Crippen molar-refractivity contribution in [2.45, 2.75) is 44.1 Å². The van der Waals surface area contributed by atoms with Crippen molar-refractivity contribution in [3.63, 3.8) is 0 Å². The van der Waals surface area contributed by atoms with Gasteiger partial charge in [-0.25, -0.2) is 9.18 Å². The molecule has 1 aliphatic heterocycles. The van der Waals surface area contributed by atoms with Gasteiger partial charge in [0.05, 0.1) is 17.1 Å². The molecule has 2 aromatic carbocycles. The van der Waals surface area contributed by atoms with E-state index in [-0.39, 0.29) is 23.4 Å². The second-order valence-corrected chi connectivity index (χ2v) is 7.33. The number of hydrogen-bond acceptors (Lipinski definition) is 3. The van der Waals surface area contributed by atoms with Gasteiger partial charge in [-0.1, -0.05) is 0 Å². The van der Waals surface area contributed by atoms with Crippen LogP contribution in [0.5, 0.6) is 5.75 Å². The van der Waals surface area contributed by atoms with Gasteiger partial charge in [-0.2, -0.15) is 0 Å². The smallest absolute Gasteiger partial charge is 0.335 e. The predicted molar refractivity (Wildman–Crippen MR) is 97.7 cm³/mol. The van der Waals surface area contributed by atoms with Gasteiger partial charge in [0.2, 0.25) is 5.91 Å². The van der Waals surface area contributed by atoms with Gasteiger partial charge in [0.1, 0.15) is 11.6 Å². The number of amides is 1. The van der Waals surface area contributed by atoms with Crippen molar-refractivity contribution in [1.29, 1.82) is 0 Å². The number of aryl methyl sites for hydroxylation is 1. The maximum Gasteiger partial charge on any atom is 0.335 e. The summed E-state index contributed by atoms with van der Waals surface area (Å²) in [5.41, 5.74) is 1.48. The van der Waals surface area contributed by atoms with Crippen LogP contribution in [0.1, 0.15) is 47.2 Å². The van der Waals surface area contributed by atoms with Crippen molar-refractivity contribution in [2.24, 2.45) is 0 Å². The van der Waals surface area contributed by atoms with Crippen LogP contribution in [0, 0.1) is 12.7 Å². The molecule has 0 atom stereocenters. The summed E-state index contributed by atoms with van der Waals surface area (Å²) in [5, 5.41) is 12.2. The first kappa shape index (κ1) is 17.5. The van der Waals surface area contributed by atoms with Crippen LogP contribution in [0.15, 0.2) is 36.4 Å². The minimum absolute atomic E-state index is 0.0556. The molecule has 1 fully saturated rings. The molecule has 1 amide bonds. The van der Waals surface area contributed by atoms with E-state index in [1.807, 2.05) is 0 Å². The molecule has 5 nitrogen and oxygen atoms in total. The zero-order valence-electron chi connectivity index (χ0n) is 14.9. The molecule has 4 rings (SSSR count). The molecule has 2 aliphatic rings. The van der Waals surface area contributed by atoms with Crippen molar-refractivity contribution >= 4 is 17.6 Å². The summed E-state index contributed by atoms with van der Waals surface area (Å²) >= 11 is 0. The fourth-order valence-corrected chi connectivity index (χ4v) is 4.13. The lowest BCUT2D eigenvalue weighted by atomic mass is 9.69. The molecular formula is C21H20FNO4. The molecule has 0 unspecified atom stereocenters. The van der Waals surface area contributed by atoms with E-state index in [9.17, 15) is 19.1 Å². The number of carboxylic acids is 1. The number of hydrogen-bond donors (Lipinski definition) is 2. The number of benzene rings is 2. The molecule has 0 radical (unpaired) electrons. The second kappa shape index (κ2) is 6.37. The fraction of sp³-hybridized carbons (Fsp3) is 0.333. The zero-order chi connectivity index (χ0) is 19.2. The molecule has 27 heavy (non-hydrogen) atoms. The summed E-state index contributed by atoms with van der Waals surface area (Å²) in [6, 6.07) is 9.46.